The number of aromatic nitrogens is 1. The summed E-state index contributed by atoms with van der Waals surface area (Å²) in [6.45, 7) is 1.05. The number of rotatable bonds is 3. The number of aliphatic hydroxyl groups excluding tert-OH is 2. The smallest absolute Gasteiger partial charge is 0.335 e. The Bertz CT molecular complexity index is 835. The number of pyridine rings is 1. The van der Waals surface area contributed by atoms with Gasteiger partial charge in [-0.15, -0.1) is 0 Å². The van der Waals surface area contributed by atoms with Crippen molar-refractivity contribution in [1.82, 2.24) is 5.32 Å². The van der Waals surface area contributed by atoms with E-state index in [4.69, 9.17) is 15.3 Å². The van der Waals surface area contributed by atoms with Gasteiger partial charge in [-0.05, 0) is 42.0 Å². The monoisotopic (exact) mass is 360 g/mol. The van der Waals surface area contributed by atoms with Crippen molar-refractivity contribution in [3.05, 3.63) is 41.1 Å². The minimum absolute atomic E-state index is 0.628. The van der Waals surface area contributed by atoms with Crippen LogP contribution in [0.2, 0.25) is 0 Å². The van der Waals surface area contributed by atoms with Gasteiger partial charge in [-0.1, -0.05) is 0 Å². The van der Waals surface area contributed by atoms with Gasteiger partial charge >= 0.3 is 5.97 Å². The Morgan fingerprint density at radius 1 is 1.31 bits per heavy atom. The predicted octanol–water partition coefficient (Wildman–Crippen LogP) is -1.32. The average Bonchev–Trinajstić information content (AvgIpc) is 3.05. The van der Waals surface area contributed by atoms with Gasteiger partial charge in [0.2, 0.25) is 5.52 Å². The number of carbonyl (C=O) groups is 2. The number of hydrogen-bond acceptors (Lipinski definition) is 6. The summed E-state index contributed by atoms with van der Waals surface area (Å²) in [6.07, 6.45) is 1.18. The summed E-state index contributed by atoms with van der Waals surface area (Å²) in [5.74, 6) is -3.83. The van der Waals surface area contributed by atoms with E-state index in [2.05, 4.69) is 28.5 Å². The number of aromatic amines is 1. The van der Waals surface area contributed by atoms with Crippen LogP contribution in [0.4, 0.5) is 0 Å². The van der Waals surface area contributed by atoms with Gasteiger partial charge in [-0.2, -0.15) is 0 Å². The molecule has 0 saturated carbocycles. The molecule has 4 rings (SSSR count). The first kappa shape index (κ1) is 18.2. The number of carbonyl (C=O) groups excluding carboxylic acids is 1. The number of carboxylic acids is 2. The van der Waals surface area contributed by atoms with E-state index in [-0.39, 0.29) is 0 Å². The Morgan fingerprint density at radius 2 is 2.08 bits per heavy atom. The number of aryl methyl sites for hydroxylation is 1. The number of carboxylic acid groups (broad SMARTS) is 2. The Morgan fingerprint density at radius 3 is 2.73 bits per heavy atom. The van der Waals surface area contributed by atoms with Gasteiger partial charge in [0.15, 0.2) is 12.3 Å². The number of aliphatic hydroxyl groups is 2. The topological polar surface area (TPSA) is 144 Å². The maximum absolute atomic E-state index is 9.74. The minimum atomic E-state index is -2.38. The van der Waals surface area contributed by atoms with Crippen molar-refractivity contribution in [3.8, 4) is 0 Å². The summed E-state index contributed by atoms with van der Waals surface area (Å²) in [5.41, 5.74) is 6.00. The number of H-pyrrole nitrogens is 1. The molecule has 1 unspecified atom stereocenters. The summed E-state index contributed by atoms with van der Waals surface area (Å²) in [7, 11) is 0. The third-order valence-corrected chi connectivity index (χ3v) is 4.80. The van der Waals surface area contributed by atoms with Gasteiger partial charge in [-0.25, -0.2) is 9.78 Å². The van der Waals surface area contributed by atoms with E-state index in [1.165, 1.54) is 35.7 Å². The van der Waals surface area contributed by atoms with Crippen molar-refractivity contribution in [2.75, 3.05) is 0 Å². The van der Waals surface area contributed by atoms with Crippen LogP contribution in [0.5, 0.6) is 0 Å². The van der Waals surface area contributed by atoms with Crippen LogP contribution in [-0.4, -0.2) is 39.5 Å². The molecule has 1 aromatic carbocycles. The number of hydrogen-bond donors (Lipinski definition) is 4. The molecule has 5 N–H and O–H groups in total. The van der Waals surface area contributed by atoms with E-state index in [0.717, 1.165) is 6.54 Å². The van der Waals surface area contributed by atoms with E-state index in [1.54, 1.807) is 11.1 Å². The fourth-order valence-corrected chi connectivity index (χ4v) is 3.60. The number of benzene rings is 1. The highest BCUT2D eigenvalue weighted by Crippen LogP contribution is 2.39. The van der Waals surface area contributed by atoms with Crippen LogP contribution in [0.25, 0.3) is 10.9 Å². The standard InChI is InChI=1S/C14H14N2.C4H6O6/c1-3-11-10-4-2-6-15-13(10)7-9-8-16-12(5-1)14(9)11;5-1(3(7)8)2(6)4(9)10/h2,4,6-7,12,16H,1,3,5,8H2;1-2,5-6H,(H,7,8)(H,9,10)/t;1-,2-/m.0/s1. The van der Waals surface area contributed by atoms with Gasteiger partial charge in [0, 0.05) is 30.1 Å². The Balaban J connectivity index is 0.000000172. The molecule has 0 amide bonds. The molecular formula is C18H20N2O6. The lowest BCUT2D eigenvalue weighted by Gasteiger charge is -2.22. The molecule has 1 aromatic heterocycles. The number of aliphatic carboxylic acids is 2. The number of fused-ring (bicyclic) bond motifs is 2. The summed E-state index contributed by atoms with van der Waals surface area (Å²) < 4.78 is 0. The van der Waals surface area contributed by atoms with E-state index >= 15 is 0 Å². The fraction of sp³-hybridized carbons (Fsp3) is 0.389. The average molecular weight is 360 g/mol. The second-order valence-corrected chi connectivity index (χ2v) is 6.43. The molecule has 0 radical (unpaired) electrons. The first-order valence-corrected chi connectivity index (χ1v) is 8.38. The molecule has 8 heteroatoms. The van der Waals surface area contributed by atoms with Crippen molar-refractivity contribution in [3.63, 3.8) is 0 Å². The Hall–Kier alpha value is -2.55. The van der Waals surface area contributed by atoms with Crippen LogP contribution in [0, 0.1) is 0 Å². The molecule has 2 heterocycles. The van der Waals surface area contributed by atoms with Crippen LogP contribution >= 0.6 is 0 Å². The predicted molar refractivity (Wildman–Crippen MR) is 87.7 cm³/mol. The van der Waals surface area contributed by atoms with E-state index in [1.807, 2.05) is 6.20 Å². The zero-order chi connectivity index (χ0) is 18.8. The summed E-state index contributed by atoms with van der Waals surface area (Å²) in [6, 6.07) is 7.31. The fourth-order valence-electron chi connectivity index (χ4n) is 3.60. The van der Waals surface area contributed by atoms with Gasteiger partial charge in [0.1, 0.15) is 6.10 Å². The van der Waals surface area contributed by atoms with Gasteiger partial charge in [-0.3, -0.25) is 0 Å². The van der Waals surface area contributed by atoms with Crippen LogP contribution in [0.15, 0.2) is 24.4 Å². The number of nitrogens with one attached hydrogen (secondary N) is 2. The molecule has 138 valence electrons. The van der Waals surface area contributed by atoms with Gasteiger partial charge < -0.3 is 30.5 Å². The summed E-state index contributed by atoms with van der Waals surface area (Å²) >= 11 is 0. The molecule has 26 heavy (non-hydrogen) atoms. The Kier molecular flexibility index (Phi) is 5.17. The van der Waals surface area contributed by atoms with Crippen LogP contribution < -0.4 is 15.4 Å². The zero-order valence-corrected chi connectivity index (χ0v) is 13.9. The lowest BCUT2D eigenvalue weighted by molar-refractivity contribution is -0.344. The zero-order valence-electron chi connectivity index (χ0n) is 13.9. The molecular weight excluding hydrogens is 340 g/mol. The maximum atomic E-state index is 9.74. The molecule has 8 nitrogen and oxygen atoms in total. The first-order chi connectivity index (χ1) is 12.4. The lowest BCUT2D eigenvalue weighted by Crippen LogP contribution is -2.46. The van der Waals surface area contributed by atoms with Crippen LogP contribution in [0.3, 0.4) is 0 Å². The third kappa shape index (κ3) is 3.39. The SMILES string of the molecule is O=C([O-])[C@@H](O)[C@H](O)C(=O)O.c1c[nH+]c2cc3c4c(c2c1)CCCC4NC3. The Labute approximate surface area is 149 Å². The second-order valence-electron chi connectivity index (χ2n) is 6.43. The molecule has 1 aliphatic carbocycles. The minimum Gasteiger partial charge on any atom is -0.547 e. The molecule has 0 fully saturated rings. The molecule has 0 spiro atoms. The molecule has 2 aliphatic rings. The molecule has 2 aromatic rings. The highest BCUT2D eigenvalue weighted by molar-refractivity contribution is 5.83. The van der Waals surface area contributed by atoms with Gasteiger partial charge in [0.25, 0.3) is 0 Å². The normalized spacial score (nSPS) is 19.8. The summed E-state index contributed by atoms with van der Waals surface area (Å²) in [4.78, 5) is 22.8. The maximum Gasteiger partial charge on any atom is 0.335 e. The van der Waals surface area contributed by atoms with Crippen molar-refractivity contribution >= 4 is 22.8 Å². The van der Waals surface area contributed by atoms with Gasteiger partial charge in [0.05, 0.1) is 5.97 Å². The van der Waals surface area contributed by atoms with Crippen molar-refractivity contribution < 1.29 is 35.0 Å². The molecule has 3 atom stereocenters. The van der Waals surface area contributed by atoms with E-state index in [9.17, 15) is 14.7 Å². The first-order valence-electron chi connectivity index (χ1n) is 8.38. The molecule has 0 saturated heterocycles. The molecule has 0 bridgehead atoms. The highest BCUT2D eigenvalue weighted by Gasteiger charge is 2.30. The van der Waals surface area contributed by atoms with Crippen molar-refractivity contribution in [1.29, 1.82) is 0 Å². The van der Waals surface area contributed by atoms with Crippen LogP contribution in [-0.2, 0) is 22.6 Å². The molecule has 1 aliphatic heterocycles. The lowest BCUT2D eigenvalue weighted by atomic mass is 9.85. The largest absolute Gasteiger partial charge is 0.547 e. The van der Waals surface area contributed by atoms with Crippen molar-refractivity contribution in [2.24, 2.45) is 0 Å². The highest BCUT2D eigenvalue weighted by atomic mass is 16.4. The second kappa shape index (κ2) is 7.36. The third-order valence-electron chi connectivity index (χ3n) is 4.80. The van der Waals surface area contributed by atoms with Crippen LogP contribution in [0.1, 0.15) is 35.6 Å². The van der Waals surface area contributed by atoms with E-state index < -0.39 is 24.1 Å². The van der Waals surface area contributed by atoms with E-state index in [0.29, 0.717) is 6.04 Å². The quantitative estimate of drug-likeness (QED) is 0.531. The van der Waals surface area contributed by atoms with Crippen molar-refractivity contribution in [2.45, 2.75) is 44.1 Å². The summed E-state index contributed by atoms with van der Waals surface area (Å²) in [5, 5.41) is 39.2.